The molecule has 76 valence electrons. The summed E-state index contributed by atoms with van der Waals surface area (Å²) >= 11 is 0. The summed E-state index contributed by atoms with van der Waals surface area (Å²) in [5.74, 6) is -1.31. The summed E-state index contributed by atoms with van der Waals surface area (Å²) < 4.78 is 0. The minimum Gasteiger partial charge on any atom is -0.480 e. The van der Waals surface area contributed by atoms with Crippen molar-refractivity contribution in [1.29, 1.82) is 0 Å². The number of rotatable bonds is 5. The fraction of sp³-hybridized carbons (Fsp3) is 0.667. The van der Waals surface area contributed by atoms with Crippen LogP contribution in [0.2, 0.25) is 0 Å². The fourth-order valence-corrected chi connectivity index (χ4v) is 0.679. The lowest BCUT2D eigenvalue weighted by Crippen LogP contribution is -2.35. The lowest BCUT2D eigenvalue weighted by molar-refractivity contribution is -0.139. The highest BCUT2D eigenvalue weighted by atomic mass is 16.4. The number of aliphatic hydroxyl groups is 1. The first-order chi connectivity index (χ1) is 5.93. The van der Waals surface area contributed by atoms with Gasteiger partial charge in [-0.25, -0.2) is 0 Å². The second-order valence-electron chi connectivity index (χ2n) is 2.60. The lowest BCUT2D eigenvalue weighted by Gasteiger charge is -2.10. The van der Waals surface area contributed by atoms with E-state index in [0.29, 0.717) is 0 Å². The number of carbonyl (C=O) groups is 1. The van der Waals surface area contributed by atoms with Crippen LogP contribution >= 0.6 is 0 Å². The molecule has 0 aliphatic rings. The van der Waals surface area contributed by atoms with Crippen molar-refractivity contribution in [3.8, 4) is 0 Å². The zero-order valence-corrected chi connectivity index (χ0v) is 7.05. The number of aliphatic imine (C=N–C) groups is 1. The normalized spacial score (nSPS) is 14.6. The predicted octanol–water partition coefficient (Wildman–Crippen LogP) is -2.58. The minimum atomic E-state index is -1.16. The lowest BCUT2D eigenvalue weighted by atomic mass is 10.1. The van der Waals surface area contributed by atoms with E-state index in [1.165, 1.54) is 0 Å². The molecule has 0 aliphatic carbocycles. The highest BCUT2D eigenvalue weighted by Crippen LogP contribution is 1.96. The van der Waals surface area contributed by atoms with Crippen LogP contribution in [0.1, 0.15) is 6.42 Å². The van der Waals surface area contributed by atoms with Crippen molar-refractivity contribution in [1.82, 2.24) is 0 Å². The van der Waals surface area contributed by atoms with E-state index in [1.54, 1.807) is 0 Å². The van der Waals surface area contributed by atoms with Gasteiger partial charge < -0.3 is 27.4 Å². The van der Waals surface area contributed by atoms with Crippen molar-refractivity contribution in [3.05, 3.63) is 0 Å². The molecule has 0 aromatic carbocycles. The molecule has 0 saturated heterocycles. The number of hydrogen-bond acceptors (Lipinski definition) is 4. The highest BCUT2D eigenvalue weighted by molar-refractivity contribution is 5.75. The van der Waals surface area contributed by atoms with Gasteiger partial charge in [-0.1, -0.05) is 0 Å². The van der Waals surface area contributed by atoms with Gasteiger partial charge in [-0.05, 0) is 0 Å². The number of nitrogens with two attached hydrogens (primary N) is 3. The number of carboxylic acid groups (broad SMARTS) is 1. The second-order valence-corrected chi connectivity index (χ2v) is 2.60. The zero-order chi connectivity index (χ0) is 10.4. The molecule has 0 rings (SSSR count). The Hall–Kier alpha value is -1.34. The number of aliphatic carboxylic acids is 1. The molecule has 8 N–H and O–H groups in total. The third kappa shape index (κ3) is 5.88. The van der Waals surface area contributed by atoms with Crippen molar-refractivity contribution in [2.75, 3.05) is 6.54 Å². The van der Waals surface area contributed by atoms with E-state index in [2.05, 4.69) is 4.99 Å². The van der Waals surface area contributed by atoms with Crippen molar-refractivity contribution < 1.29 is 15.0 Å². The van der Waals surface area contributed by atoms with Crippen LogP contribution in [0.3, 0.4) is 0 Å². The number of aliphatic hydroxyl groups excluding tert-OH is 1. The first-order valence-corrected chi connectivity index (χ1v) is 3.65. The first-order valence-electron chi connectivity index (χ1n) is 3.65. The van der Waals surface area contributed by atoms with E-state index in [1.807, 2.05) is 0 Å². The molecule has 2 atom stereocenters. The van der Waals surface area contributed by atoms with Gasteiger partial charge in [0.15, 0.2) is 5.96 Å². The summed E-state index contributed by atoms with van der Waals surface area (Å²) in [6, 6.07) is -1.09. The Bertz CT molecular complexity index is 202. The molecule has 7 heteroatoms. The standard InChI is InChI=1S/C6H14N4O3/c7-4(5(12)13)1-3(11)2-10-6(8)9/h3-4,11H,1-2,7H2,(H,12,13)(H4,8,9,10)/t3-,4-/m1/s1. The van der Waals surface area contributed by atoms with Crippen LogP contribution in [0.5, 0.6) is 0 Å². The average Bonchev–Trinajstić information content (AvgIpc) is 2.00. The summed E-state index contributed by atoms with van der Waals surface area (Å²) in [5.41, 5.74) is 15.2. The Morgan fingerprint density at radius 3 is 2.38 bits per heavy atom. The number of nitrogens with zero attached hydrogens (tertiary/aromatic N) is 1. The van der Waals surface area contributed by atoms with Crippen LogP contribution in [0.4, 0.5) is 0 Å². The van der Waals surface area contributed by atoms with Crippen LogP contribution in [-0.2, 0) is 4.79 Å². The summed E-state index contributed by atoms with van der Waals surface area (Å²) in [6.07, 6.45) is -1.01. The van der Waals surface area contributed by atoms with Gasteiger partial charge in [0.2, 0.25) is 0 Å². The van der Waals surface area contributed by atoms with Gasteiger partial charge in [-0.2, -0.15) is 0 Å². The van der Waals surface area contributed by atoms with Gasteiger partial charge in [-0.3, -0.25) is 9.79 Å². The van der Waals surface area contributed by atoms with Crippen molar-refractivity contribution in [2.45, 2.75) is 18.6 Å². The van der Waals surface area contributed by atoms with Crippen LogP contribution in [0.15, 0.2) is 4.99 Å². The zero-order valence-electron chi connectivity index (χ0n) is 7.05. The van der Waals surface area contributed by atoms with Crippen molar-refractivity contribution >= 4 is 11.9 Å². The summed E-state index contributed by atoms with van der Waals surface area (Å²) in [7, 11) is 0. The molecule has 0 bridgehead atoms. The monoisotopic (exact) mass is 190 g/mol. The van der Waals surface area contributed by atoms with E-state index >= 15 is 0 Å². The molecule has 0 unspecified atom stereocenters. The second kappa shape index (κ2) is 5.33. The maximum Gasteiger partial charge on any atom is 0.320 e. The molecule has 0 aromatic rings. The van der Waals surface area contributed by atoms with Gasteiger partial charge in [0, 0.05) is 6.42 Å². The molecular formula is C6H14N4O3. The third-order valence-electron chi connectivity index (χ3n) is 1.33. The van der Waals surface area contributed by atoms with E-state index in [0.717, 1.165) is 0 Å². The van der Waals surface area contributed by atoms with Gasteiger partial charge in [-0.15, -0.1) is 0 Å². The van der Waals surface area contributed by atoms with Gasteiger partial charge in [0.05, 0.1) is 12.6 Å². The maximum atomic E-state index is 10.3. The molecular weight excluding hydrogens is 176 g/mol. The Morgan fingerprint density at radius 2 is 2.00 bits per heavy atom. The largest absolute Gasteiger partial charge is 0.480 e. The van der Waals surface area contributed by atoms with Crippen LogP contribution in [0, 0.1) is 0 Å². The topological polar surface area (TPSA) is 148 Å². The molecule has 0 aromatic heterocycles. The van der Waals surface area contributed by atoms with E-state index in [9.17, 15) is 4.79 Å². The van der Waals surface area contributed by atoms with Gasteiger partial charge in [0.25, 0.3) is 0 Å². The number of carboxylic acids is 1. The van der Waals surface area contributed by atoms with E-state index in [-0.39, 0.29) is 18.9 Å². The van der Waals surface area contributed by atoms with Crippen molar-refractivity contribution in [2.24, 2.45) is 22.2 Å². The number of hydrogen-bond donors (Lipinski definition) is 5. The Balaban J connectivity index is 3.80. The summed E-state index contributed by atoms with van der Waals surface area (Å²) in [6.45, 7) is -0.0384. The summed E-state index contributed by atoms with van der Waals surface area (Å²) in [4.78, 5) is 13.8. The molecule has 7 nitrogen and oxygen atoms in total. The molecule has 0 saturated carbocycles. The predicted molar refractivity (Wildman–Crippen MR) is 46.9 cm³/mol. The van der Waals surface area contributed by atoms with Crippen LogP contribution in [-0.4, -0.2) is 40.8 Å². The maximum absolute atomic E-state index is 10.3. The molecule has 13 heavy (non-hydrogen) atoms. The van der Waals surface area contributed by atoms with Gasteiger partial charge >= 0.3 is 5.97 Å². The average molecular weight is 190 g/mol. The quantitative estimate of drug-likeness (QED) is 0.237. The summed E-state index contributed by atoms with van der Waals surface area (Å²) in [5, 5.41) is 17.5. The minimum absolute atomic E-state index is 0.0384. The SMILES string of the molecule is NC(N)=NC[C@H](O)C[C@@H](N)C(=O)O. The number of guanidine groups is 1. The molecule has 0 fully saturated rings. The van der Waals surface area contributed by atoms with Crippen LogP contribution in [0.25, 0.3) is 0 Å². The highest BCUT2D eigenvalue weighted by Gasteiger charge is 2.16. The Kier molecular flexibility index (Phi) is 4.78. The smallest absolute Gasteiger partial charge is 0.320 e. The fourth-order valence-electron chi connectivity index (χ4n) is 0.679. The third-order valence-corrected chi connectivity index (χ3v) is 1.33. The van der Waals surface area contributed by atoms with Crippen molar-refractivity contribution in [3.63, 3.8) is 0 Å². The van der Waals surface area contributed by atoms with E-state index in [4.69, 9.17) is 27.4 Å². The molecule has 0 heterocycles. The van der Waals surface area contributed by atoms with Gasteiger partial charge in [0.1, 0.15) is 6.04 Å². The Morgan fingerprint density at radius 1 is 1.46 bits per heavy atom. The Labute approximate surface area is 75.2 Å². The molecule has 0 radical (unpaired) electrons. The van der Waals surface area contributed by atoms with Crippen LogP contribution < -0.4 is 17.2 Å². The van der Waals surface area contributed by atoms with E-state index < -0.39 is 18.1 Å². The molecule has 0 amide bonds. The first kappa shape index (κ1) is 11.7. The molecule has 0 aliphatic heterocycles. The molecule has 0 spiro atoms.